The highest BCUT2D eigenvalue weighted by molar-refractivity contribution is 5.82. The van der Waals surface area contributed by atoms with Gasteiger partial charge < -0.3 is 15.3 Å². The molecule has 0 spiro atoms. The van der Waals surface area contributed by atoms with Crippen molar-refractivity contribution in [1.29, 1.82) is 0 Å². The Balaban J connectivity index is 0.000000454. The van der Waals surface area contributed by atoms with Crippen LogP contribution in [0.3, 0.4) is 0 Å². The van der Waals surface area contributed by atoms with Crippen molar-refractivity contribution < 1.29 is 32.7 Å². The van der Waals surface area contributed by atoms with Gasteiger partial charge in [0, 0.05) is 50.9 Å². The predicted octanol–water partition coefficient (Wildman–Crippen LogP) is 2.05. The smallest absolute Gasteiger partial charge is 0.475 e. The fourth-order valence-corrected chi connectivity index (χ4v) is 5.15. The van der Waals surface area contributed by atoms with Gasteiger partial charge in [-0.25, -0.2) is 4.79 Å². The standard InChI is InChI=1S/C21H34N6O2.C2HF3O2/c1-21(7-3-2-4-8-21)20(29)26-10-5-6-17(12-26)13-27-15-18(23-24-27)14-25-11-9-22-19(28)16-25;3-2(4,5)1(6)7/h15,17H,2-14,16H2,1H3,(H,22,28);(H,6,7). The summed E-state index contributed by atoms with van der Waals surface area (Å²) in [5.74, 6) is -1.89. The van der Waals surface area contributed by atoms with Crippen LogP contribution in [-0.4, -0.2) is 86.6 Å². The Morgan fingerprint density at radius 1 is 1.19 bits per heavy atom. The van der Waals surface area contributed by atoms with E-state index in [1.165, 1.54) is 19.3 Å². The molecule has 3 aliphatic rings. The first-order valence-corrected chi connectivity index (χ1v) is 12.4. The fraction of sp³-hybridized carbons (Fsp3) is 0.783. The first-order valence-electron chi connectivity index (χ1n) is 12.4. The van der Waals surface area contributed by atoms with E-state index < -0.39 is 12.1 Å². The number of piperidine rings is 1. The van der Waals surface area contributed by atoms with Gasteiger partial charge in [-0.1, -0.05) is 31.4 Å². The van der Waals surface area contributed by atoms with E-state index in [4.69, 9.17) is 9.90 Å². The minimum Gasteiger partial charge on any atom is -0.475 e. The summed E-state index contributed by atoms with van der Waals surface area (Å²) in [6, 6.07) is 0. The fourth-order valence-electron chi connectivity index (χ4n) is 5.15. The lowest BCUT2D eigenvalue weighted by atomic mass is 9.74. The van der Waals surface area contributed by atoms with E-state index in [2.05, 4.69) is 32.4 Å². The third kappa shape index (κ3) is 7.90. The third-order valence-electron chi connectivity index (χ3n) is 7.06. The molecule has 2 saturated heterocycles. The van der Waals surface area contributed by atoms with Crippen molar-refractivity contribution >= 4 is 17.8 Å². The second-order valence-corrected chi connectivity index (χ2v) is 10.2. The van der Waals surface area contributed by atoms with Gasteiger partial charge in [-0.2, -0.15) is 13.2 Å². The second-order valence-electron chi connectivity index (χ2n) is 10.2. The van der Waals surface area contributed by atoms with Gasteiger partial charge in [-0.05, 0) is 31.6 Å². The molecular formula is C23H35F3N6O4. The van der Waals surface area contributed by atoms with Crippen molar-refractivity contribution in [3.63, 3.8) is 0 Å². The minimum atomic E-state index is -5.08. The van der Waals surface area contributed by atoms with E-state index >= 15 is 0 Å². The Morgan fingerprint density at radius 2 is 1.89 bits per heavy atom. The molecule has 1 aromatic heterocycles. The van der Waals surface area contributed by atoms with Crippen LogP contribution in [0.15, 0.2) is 6.20 Å². The van der Waals surface area contributed by atoms with Crippen molar-refractivity contribution in [2.24, 2.45) is 11.3 Å². The molecule has 13 heteroatoms. The molecule has 2 N–H and O–H groups in total. The normalized spacial score (nSPS) is 22.8. The third-order valence-corrected chi connectivity index (χ3v) is 7.06. The SMILES string of the molecule is CC1(C(=O)N2CCCC(Cn3cc(CN4CCNC(=O)C4)nn3)C2)CCCCC1.O=C(O)C(F)(F)F. The highest BCUT2D eigenvalue weighted by Gasteiger charge is 2.39. The topological polar surface area (TPSA) is 121 Å². The molecule has 4 rings (SSSR count). The van der Waals surface area contributed by atoms with E-state index in [9.17, 15) is 22.8 Å². The Kier molecular flexibility index (Phi) is 9.31. The van der Waals surface area contributed by atoms with E-state index in [1.807, 2.05) is 10.9 Å². The number of carbonyl (C=O) groups is 3. The summed E-state index contributed by atoms with van der Waals surface area (Å²) in [4.78, 5) is 37.8. The van der Waals surface area contributed by atoms with E-state index in [-0.39, 0.29) is 11.3 Å². The first-order chi connectivity index (χ1) is 17.0. The van der Waals surface area contributed by atoms with E-state index in [1.54, 1.807) is 0 Å². The maximum absolute atomic E-state index is 13.2. The number of piperazine rings is 1. The predicted molar refractivity (Wildman–Crippen MR) is 122 cm³/mol. The lowest BCUT2D eigenvalue weighted by Gasteiger charge is -2.40. The van der Waals surface area contributed by atoms with Gasteiger partial charge in [-0.15, -0.1) is 5.10 Å². The van der Waals surface area contributed by atoms with E-state index in [0.717, 1.165) is 57.6 Å². The molecule has 1 aliphatic carbocycles. The minimum absolute atomic E-state index is 0.0715. The highest BCUT2D eigenvalue weighted by atomic mass is 19.4. The Labute approximate surface area is 208 Å². The lowest BCUT2D eigenvalue weighted by molar-refractivity contribution is -0.192. The number of amides is 2. The number of aliphatic carboxylic acids is 1. The van der Waals surface area contributed by atoms with Crippen molar-refractivity contribution in [2.45, 2.75) is 71.1 Å². The largest absolute Gasteiger partial charge is 0.490 e. The summed E-state index contributed by atoms with van der Waals surface area (Å²) in [5.41, 5.74) is 0.750. The number of carbonyl (C=O) groups excluding carboxylic acids is 2. The van der Waals surface area contributed by atoms with Crippen LogP contribution in [0, 0.1) is 11.3 Å². The molecule has 2 aliphatic heterocycles. The zero-order valence-corrected chi connectivity index (χ0v) is 20.6. The summed E-state index contributed by atoms with van der Waals surface area (Å²) in [6.07, 6.45) is 4.80. The number of aromatic nitrogens is 3. The highest BCUT2D eigenvalue weighted by Crippen LogP contribution is 2.38. The molecule has 202 valence electrons. The monoisotopic (exact) mass is 516 g/mol. The van der Waals surface area contributed by atoms with E-state index in [0.29, 0.717) is 31.5 Å². The number of rotatable bonds is 5. The molecule has 3 fully saturated rings. The molecule has 0 aromatic carbocycles. The summed E-state index contributed by atoms with van der Waals surface area (Å²) < 4.78 is 33.7. The molecule has 10 nitrogen and oxygen atoms in total. The number of likely N-dealkylation sites (tertiary alicyclic amines) is 1. The number of halogens is 3. The number of carboxylic acids is 1. The molecule has 1 aromatic rings. The maximum atomic E-state index is 13.2. The summed E-state index contributed by atoms with van der Waals surface area (Å²) in [7, 11) is 0. The molecule has 1 atom stereocenters. The van der Waals surface area contributed by atoms with Crippen molar-refractivity contribution in [3.05, 3.63) is 11.9 Å². The Bertz CT molecular complexity index is 916. The Hall–Kier alpha value is -2.70. The lowest BCUT2D eigenvalue weighted by Crippen LogP contribution is -2.48. The molecule has 36 heavy (non-hydrogen) atoms. The van der Waals surface area contributed by atoms with Gasteiger partial charge in [0.25, 0.3) is 0 Å². The van der Waals surface area contributed by atoms with Crippen LogP contribution < -0.4 is 5.32 Å². The molecule has 0 bridgehead atoms. The van der Waals surface area contributed by atoms with Gasteiger partial charge in [0.15, 0.2) is 0 Å². The van der Waals surface area contributed by atoms with Crippen LogP contribution in [0.4, 0.5) is 13.2 Å². The number of carboxylic acid groups (broad SMARTS) is 1. The van der Waals surface area contributed by atoms with Crippen LogP contribution in [-0.2, 0) is 27.5 Å². The number of nitrogens with zero attached hydrogens (tertiary/aromatic N) is 5. The van der Waals surface area contributed by atoms with Crippen molar-refractivity contribution in [2.75, 3.05) is 32.7 Å². The molecule has 1 saturated carbocycles. The zero-order chi connectivity index (χ0) is 26.3. The molecular weight excluding hydrogens is 481 g/mol. The van der Waals surface area contributed by atoms with Crippen molar-refractivity contribution in [1.82, 2.24) is 30.1 Å². The quantitative estimate of drug-likeness (QED) is 0.615. The van der Waals surface area contributed by atoms with Gasteiger partial charge in [0.1, 0.15) is 0 Å². The van der Waals surface area contributed by atoms with Gasteiger partial charge >= 0.3 is 12.1 Å². The summed E-state index contributed by atoms with van der Waals surface area (Å²) in [5, 5.41) is 18.6. The average Bonchev–Trinajstić information content (AvgIpc) is 3.25. The maximum Gasteiger partial charge on any atom is 0.490 e. The second kappa shape index (κ2) is 12.0. The van der Waals surface area contributed by atoms with Crippen LogP contribution in [0.25, 0.3) is 0 Å². The van der Waals surface area contributed by atoms with Crippen LogP contribution in [0.2, 0.25) is 0 Å². The zero-order valence-electron chi connectivity index (χ0n) is 20.6. The van der Waals surface area contributed by atoms with Gasteiger partial charge in [0.2, 0.25) is 11.8 Å². The van der Waals surface area contributed by atoms with Crippen molar-refractivity contribution in [3.8, 4) is 0 Å². The first kappa shape index (κ1) is 27.9. The summed E-state index contributed by atoms with van der Waals surface area (Å²) in [6.45, 7) is 7.30. The molecule has 1 unspecified atom stereocenters. The molecule has 0 radical (unpaired) electrons. The molecule has 3 heterocycles. The molecule has 2 amide bonds. The van der Waals surface area contributed by atoms with Gasteiger partial charge in [-0.3, -0.25) is 19.2 Å². The number of hydrogen-bond donors (Lipinski definition) is 2. The summed E-state index contributed by atoms with van der Waals surface area (Å²) >= 11 is 0. The number of hydrogen-bond acceptors (Lipinski definition) is 6. The van der Waals surface area contributed by atoms with Crippen LogP contribution >= 0.6 is 0 Å². The van der Waals surface area contributed by atoms with Crippen LogP contribution in [0.1, 0.15) is 57.6 Å². The van der Waals surface area contributed by atoms with Gasteiger partial charge in [0.05, 0.1) is 12.2 Å². The number of nitrogens with one attached hydrogen (secondary N) is 1. The van der Waals surface area contributed by atoms with Crippen LogP contribution in [0.5, 0.6) is 0 Å². The Morgan fingerprint density at radius 3 is 2.53 bits per heavy atom. The average molecular weight is 517 g/mol. The number of alkyl halides is 3.